The van der Waals surface area contributed by atoms with Crippen LogP contribution in [0.4, 0.5) is 0 Å². The van der Waals surface area contributed by atoms with Crippen molar-refractivity contribution < 1.29 is 33.1 Å². The first-order valence-corrected chi connectivity index (χ1v) is 7.73. The van der Waals surface area contributed by atoms with Gasteiger partial charge in [0.05, 0.1) is 11.7 Å². The van der Waals surface area contributed by atoms with E-state index < -0.39 is 39.0 Å². The first kappa shape index (κ1) is 15.8. The van der Waals surface area contributed by atoms with Crippen molar-refractivity contribution in [2.45, 2.75) is 19.6 Å². The number of hydrogen-bond donors (Lipinski definition) is 4. The van der Waals surface area contributed by atoms with Crippen LogP contribution in [0, 0.1) is 5.92 Å². The summed E-state index contributed by atoms with van der Waals surface area (Å²) in [5, 5.41) is 8.61. The smallest absolute Gasteiger partial charge is 0.475 e. The lowest BCUT2D eigenvalue weighted by atomic mass is 10.2. The molecule has 0 bridgehead atoms. The van der Waals surface area contributed by atoms with Crippen LogP contribution in [0.3, 0.4) is 0 Å². The molecule has 0 saturated heterocycles. The van der Waals surface area contributed by atoms with Crippen LogP contribution in [0.15, 0.2) is 0 Å². The minimum Gasteiger partial charge on any atom is -0.481 e. The zero-order valence-electron chi connectivity index (χ0n) is 8.81. The van der Waals surface area contributed by atoms with E-state index in [1.807, 2.05) is 0 Å². The third kappa shape index (κ3) is 5.21. The Labute approximate surface area is 92.5 Å². The Balaban J connectivity index is 4.93. The third-order valence-electron chi connectivity index (χ3n) is 1.82. The number of carboxylic acid groups (broad SMARTS) is 1. The summed E-state index contributed by atoms with van der Waals surface area (Å²) in [6.45, 7) is 2.49. The van der Waals surface area contributed by atoms with Crippen LogP contribution in [0.2, 0.25) is 0 Å². The first-order valence-electron chi connectivity index (χ1n) is 4.32. The SMILES string of the molecule is C[C@H](N)P(=O)(C[C@H](C)C(=O)O)OP(=O)(O)O. The number of hydrogen-bond acceptors (Lipinski definition) is 5. The third-order valence-corrected chi connectivity index (χ3v) is 6.07. The Bertz CT molecular complexity index is 349. The number of rotatable bonds is 6. The molecule has 8 nitrogen and oxygen atoms in total. The van der Waals surface area contributed by atoms with Crippen LogP contribution in [-0.4, -0.2) is 32.8 Å². The molecule has 0 saturated carbocycles. The summed E-state index contributed by atoms with van der Waals surface area (Å²) in [6.07, 6.45) is -0.523. The number of carboxylic acids is 1. The second-order valence-electron chi connectivity index (χ2n) is 3.46. The van der Waals surface area contributed by atoms with Crippen LogP contribution in [0.25, 0.3) is 0 Å². The maximum Gasteiger partial charge on any atom is 0.475 e. The lowest BCUT2D eigenvalue weighted by Gasteiger charge is -2.23. The molecule has 0 aromatic rings. The van der Waals surface area contributed by atoms with Crippen molar-refractivity contribution >= 4 is 21.2 Å². The predicted molar refractivity (Wildman–Crippen MR) is 56.1 cm³/mol. The molecule has 5 N–H and O–H groups in total. The molecule has 0 aliphatic carbocycles. The Morgan fingerprint density at radius 1 is 1.38 bits per heavy atom. The van der Waals surface area contributed by atoms with Gasteiger partial charge < -0.3 is 20.6 Å². The Morgan fingerprint density at radius 2 is 1.81 bits per heavy atom. The highest BCUT2D eigenvalue weighted by Gasteiger charge is 2.38. The highest BCUT2D eigenvalue weighted by molar-refractivity contribution is 7.67. The summed E-state index contributed by atoms with van der Waals surface area (Å²) in [5.74, 6) is -3.46. The molecule has 0 aromatic carbocycles. The molecule has 0 radical (unpaired) electrons. The van der Waals surface area contributed by atoms with E-state index in [0.29, 0.717) is 0 Å². The number of phosphoric acid groups is 1. The second-order valence-corrected chi connectivity index (χ2v) is 7.73. The average molecular weight is 275 g/mol. The molecule has 3 atom stereocenters. The molecule has 16 heavy (non-hydrogen) atoms. The van der Waals surface area contributed by atoms with Gasteiger partial charge >= 0.3 is 13.8 Å². The van der Waals surface area contributed by atoms with Crippen molar-refractivity contribution in [3.63, 3.8) is 0 Å². The summed E-state index contributed by atoms with van der Waals surface area (Å²) >= 11 is 0. The average Bonchev–Trinajstić information content (AvgIpc) is 1.99. The Hall–Kier alpha value is -0.230. The van der Waals surface area contributed by atoms with E-state index in [4.69, 9.17) is 20.6 Å². The van der Waals surface area contributed by atoms with Crippen molar-refractivity contribution in [1.29, 1.82) is 0 Å². The second kappa shape index (κ2) is 5.40. The number of carbonyl (C=O) groups is 1. The molecular weight excluding hydrogens is 260 g/mol. The quantitative estimate of drug-likeness (QED) is 0.509. The van der Waals surface area contributed by atoms with Crippen LogP contribution in [-0.2, 0) is 18.2 Å². The summed E-state index contributed by atoms with van der Waals surface area (Å²) in [7, 11) is -8.85. The zero-order valence-corrected chi connectivity index (χ0v) is 10.6. The topological polar surface area (TPSA) is 147 Å². The van der Waals surface area contributed by atoms with E-state index >= 15 is 0 Å². The van der Waals surface area contributed by atoms with Gasteiger partial charge in [-0.3, -0.25) is 9.36 Å². The maximum atomic E-state index is 11.9. The summed E-state index contributed by atoms with van der Waals surface area (Å²) in [6, 6.07) is 0. The first-order chi connectivity index (χ1) is 6.98. The molecule has 0 amide bonds. The molecule has 0 aromatic heterocycles. The van der Waals surface area contributed by atoms with Gasteiger partial charge in [-0.1, -0.05) is 6.92 Å². The highest BCUT2D eigenvalue weighted by atomic mass is 31.3. The number of nitrogens with two attached hydrogens (primary N) is 1. The van der Waals surface area contributed by atoms with Crippen molar-refractivity contribution in [2.24, 2.45) is 11.7 Å². The van der Waals surface area contributed by atoms with Gasteiger partial charge in [0.1, 0.15) is 0 Å². The molecular formula is C6H15NO7P2. The summed E-state index contributed by atoms with van der Waals surface area (Å²) in [5.41, 5.74) is 5.30. The van der Waals surface area contributed by atoms with Crippen LogP contribution >= 0.6 is 15.2 Å². The van der Waals surface area contributed by atoms with Gasteiger partial charge in [-0.25, -0.2) is 8.88 Å². The van der Waals surface area contributed by atoms with E-state index in [1.165, 1.54) is 13.8 Å². The van der Waals surface area contributed by atoms with E-state index in [1.54, 1.807) is 0 Å². The lowest BCUT2D eigenvalue weighted by molar-refractivity contribution is -0.140. The monoisotopic (exact) mass is 275 g/mol. The molecule has 1 unspecified atom stereocenters. The molecule has 0 fully saturated rings. The molecule has 0 rings (SSSR count). The van der Waals surface area contributed by atoms with E-state index in [2.05, 4.69) is 4.31 Å². The molecule has 0 aliphatic heterocycles. The minimum atomic E-state index is -4.96. The molecule has 0 heterocycles. The zero-order chi connectivity index (χ0) is 13.1. The van der Waals surface area contributed by atoms with E-state index in [0.717, 1.165) is 0 Å². The Morgan fingerprint density at radius 3 is 2.06 bits per heavy atom. The van der Waals surface area contributed by atoms with Crippen molar-refractivity contribution in [3.8, 4) is 0 Å². The van der Waals surface area contributed by atoms with E-state index in [9.17, 15) is 13.9 Å². The molecule has 0 spiro atoms. The van der Waals surface area contributed by atoms with Crippen molar-refractivity contribution in [3.05, 3.63) is 0 Å². The standard InChI is InChI=1S/C6H15NO7P2/c1-4(6(8)9)3-15(10,5(2)7)14-16(11,12)13/h4-5H,3,7H2,1-2H3,(H,8,9)(H2,11,12,13)/t4-,5+,15?/m0/s1. The molecule has 96 valence electrons. The number of aliphatic carboxylic acids is 1. The lowest BCUT2D eigenvalue weighted by Crippen LogP contribution is -2.24. The predicted octanol–water partition coefficient (Wildman–Crippen LogP) is 0.399. The molecule has 10 heteroatoms. The van der Waals surface area contributed by atoms with Crippen molar-refractivity contribution in [1.82, 2.24) is 0 Å². The maximum absolute atomic E-state index is 11.9. The summed E-state index contributed by atoms with van der Waals surface area (Å²) < 4.78 is 26.7. The highest BCUT2D eigenvalue weighted by Crippen LogP contribution is 2.62. The van der Waals surface area contributed by atoms with Gasteiger partial charge in [-0.15, -0.1) is 0 Å². The van der Waals surface area contributed by atoms with Gasteiger partial charge in [0.15, 0.2) is 0 Å². The summed E-state index contributed by atoms with van der Waals surface area (Å²) in [4.78, 5) is 27.7. The van der Waals surface area contributed by atoms with Gasteiger partial charge in [-0.05, 0) is 6.92 Å². The fraction of sp³-hybridized carbons (Fsp3) is 0.833. The van der Waals surface area contributed by atoms with Crippen molar-refractivity contribution in [2.75, 3.05) is 6.16 Å². The van der Waals surface area contributed by atoms with E-state index in [-0.39, 0.29) is 0 Å². The van der Waals surface area contributed by atoms with Gasteiger partial charge in [-0.2, -0.15) is 0 Å². The van der Waals surface area contributed by atoms with Gasteiger partial charge in [0, 0.05) is 6.16 Å². The normalized spacial score (nSPS) is 19.8. The fourth-order valence-electron chi connectivity index (χ4n) is 0.914. The molecule has 0 aliphatic rings. The van der Waals surface area contributed by atoms with Crippen LogP contribution in [0.5, 0.6) is 0 Å². The van der Waals surface area contributed by atoms with Gasteiger partial charge in [0.25, 0.3) is 0 Å². The minimum absolute atomic E-state index is 0.523. The fourth-order valence-corrected chi connectivity index (χ4v) is 4.47. The van der Waals surface area contributed by atoms with Gasteiger partial charge in [0.2, 0.25) is 7.37 Å². The van der Waals surface area contributed by atoms with Crippen LogP contribution in [0.1, 0.15) is 13.8 Å². The largest absolute Gasteiger partial charge is 0.481 e. The Kier molecular flexibility index (Phi) is 5.32. The van der Waals surface area contributed by atoms with Crippen LogP contribution < -0.4 is 5.73 Å².